The topological polar surface area (TPSA) is 49.7 Å². The fourth-order valence-electron chi connectivity index (χ4n) is 1.71. The fraction of sp³-hybridized carbons (Fsp3) is 0.154. The van der Waals surface area contributed by atoms with Crippen LogP contribution in [0.15, 0.2) is 39.4 Å². The molecule has 2 amide bonds. The van der Waals surface area contributed by atoms with Crippen LogP contribution in [0.2, 0.25) is 0 Å². The molecule has 0 saturated carbocycles. The molecule has 6 heteroatoms. The fourth-order valence-corrected chi connectivity index (χ4v) is 2.72. The minimum Gasteiger partial charge on any atom is -0.274 e. The highest BCUT2D eigenvalue weighted by Gasteiger charge is 2.31. The van der Waals surface area contributed by atoms with Gasteiger partial charge in [-0.05, 0) is 30.0 Å². The maximum Gasteiger partial charge on any atom is 0.296 e. The first-order valence-electron chi connectivity index (χ1n) is 5.48. The monoisotopic (exact) mass is 338 g/mol. The SMILES string of the molecule is CSC1=NC(=O)/C(=C\c2cccc(Br)c2)N1C(C)=O. The normalized spacial score (nSPS) is 17.0. The first-order chi connectivity index (χ1) is 9.02. The highest BCUT2D eigenvalue weighted by atomic mass is 79.9. The largest absolute Gasteiger partial charge is 0.296 e. The van der Waals surface area contributed by atoms with Gasteiger partial charge in [0.15, 0.2) is 5.17 Å². The van der Waals surface area contributed by atoms with Gasteiger partial charge in [-0.1, -0.05) is 39.8 Å². The van der Waals surface area contributed by atoms with Crippen LogP contribution in [0.1, 0.15) is 12.5 Å². The summed E-state index contributed by atoms with van der Waals surface area (Å²) >= 11 is 4.64. The predicted octanol–water partition coefficient (Wildman–Crippen LogP) is 2.90. The van der Waals surface area contributed by atoms with Gasteiger partial charge < -0.3 is 0 Å². The molecule has 1 aliphatic heterocycles. The molecule has 2 rings (SSSR count). The molecule has 0 saturated heterocycles. The Kier molecular flexibility index (Phi) is 4.21. The molecule has 0 spiro atoms. The summed E-state index contributed by atoms with van der Waals surface area (Å²) in [6, 6.07) is 7.49. The number of amides is 2. The van der Waals surface area contributed by atoms with Gasteiger partial charge in [0.1, 0.15) is 5.70 Å². The molecule has 0 N–H and O–H groups in total. The van der Waals surface area contributed by atoms with Gasteiger partial charge in [-0.15, -0.1) is 0 Å². The third kappa shape index (κ3) is 2.96. The second kappa shape index (κ2) is 5.71. The van der Waals surface area contributed by atoms with E-state index in [4.69, 9.17) is 0 Å². The lowest BCUT2D eigenvalue weighted by molar-refractivity contribution is -0.125. The van der Waals surface area contributed by atoms with Crippen molar-refractivity contribution in [3.63, 3.8) is 0 Å². The molecule has 98 valence electrons. The minimum atomic E-state index is -0.389. The molecular weight excluding hydrogens is 328 g/mol. The van der Waals surface area contributed by atoms with Crippen molar-refractivity contribution in [2.45, 2.75) is 6.92 Å². The average molecular weight is 339 g/mol. The van der Waals surface area contributed by atoms with E-state index >= 15 is 0 Å². The number of hydrogen-bond donors (Lipinski definition) is 0. The van der Waals surface area contributed by atoms with Crippen LogP contribution < -0.4 is 0 Å². The smallest absolute Gasteiger partial charge is 0.274 e. The van der Waals surface area contributed by atoms with Crippen molar-refractivity contribution >= 4 is 50.7 Å². The van der Waals surface area contributed by atoms with E-state index in [1.54, 1.807) is 12.3 Å². The molecule has 0 aliphatic carbocycles. The molecule has 0 aromatic heterocycles. The summed E-state index contributed by atoms with van der Waals surface area (Å²) in [4.78, 5) is 28.7. The Labute approximate surface area is 123 Å². The molecule has 1 aromatic carbocycles. The van der Waals surface area contributed by atoms with Crippen molar-refractivity contribution in [3.05, 3.63) is 40.0 Å². The number of carbonyl (C=O) groups is 2. The lowest BCUT2D eigenvalue weighted by Gasteiger charge is -2.15. The van der Waals surface area contributed by atoms with E-state index in [0.717, 1.165) is 10.0 Å². The van der Waals surface area contributed by atoms with Crippen molar-refractivity contribution in [1.82, 2.24) is 4.90 Å². The van der Waals surface area contributed by atoms with E-state index in [1.165, 1.54) is 23.6 Å². The predicted molar refractivity (Wildman–Crippen MR) is 80.6 cm³/mol. The Bertz CT molecular complexity index is 610. The first kappa shape index (κ1) is 14.0. The average Bonchev–Trinajstić information content (AvgIpc) is 2.66. The first-order valence-corrected chi connectivity index (χ1v) is 7.49. The van der Waals surface area contributed by atoms with E-state index in [-0.39, 0.29) is 17.5 Å². The Morgan fingerprint density at radius 3 is 2.79 bits per heavy atom. The molecule has 0 radical (unpaired) electrons. The van der Waals surface area contributed by atoms with Gasteiger partial charge in [-0.3, -0.25) is 14.5 Å². The number of hydrogen-bond acceptors (Lipinski definition) is 3. The minimum absolute atomic E-state index is 0.222. The highest BCUT2D eigenvalue weighted by molar-refractivity contribution is 9.10. The number of nitrogens with zero attached hydrogens (tertiary/aromatic N) is 2. The van der Waals surface area contributed by atoms with E-state index in [9.17, 15) is 9.59 Å². The molecule has 1 aliphatic rings. The number of aliphatic imine (C=N–C) groups is 1. The maximum atomic E-state index is 11.9. The summed E-state index contributed by atoms with van der Waals surface area (Å²) < 4.78 is 0.910. The van der Waals surface area contributed by atoms with Crippen molar-refractivity contribution in [2.75, 3.05) is 6.26 Å². The van der Waals surface area contributed by atoms with Crippen LogP contribution in [0.5, 0.6) is 0 Å². The number of halogens is 1. The van der Waals surface area contributed by atoms with Crippen LogP contribution in [0, 0.1) is 0 Å². The lowest BCUT2D eigenvalue weighted by Crippen LogP contribution is -2.29. The lowest BCUT2D eigenvalue weighted by atomic mass is 10.2. The summed E-state index contributed by atoms with van der Waals surface area (Å²) in [5.41, 5.74) is 1.12. The standard InChI is InChI=1S/C13H11BrN2O2S/c1-8(17)16-11(12(18)15-13(16)19-2)7-9-4-3-5-10(14)6-9/h3-7H,1-2H3/b11-7+. The molecule has 1 aromatic rings. The van der Waals surface area contributed by atoms with Crippen molar-refractivity contribution in [3.8, 4) is 0 Å². The summed E-state index contributed by atoms with van der Waals surface area (Å²) in [5, 5.41) is 0.416. The van der Waals surface area contributed by atoms with E-state index in [2.05, 4.69) is 20.9 Å². The van der Waals surface area contributed by atoms with Crippen LogP contribution >= 0.6 is 27.7 Å². The second-order valence-corrected chi connectivity index (χ2v) is 5.53. The van der Waals surface area contributed by atoms with Crippen molar-refractivity contribution < 1.29 is 9.59 Å². The Balaban J connectivity index is 2.43. The second-order valence-electron chi connectivity index (χ2n) is 3.84. The number of carbonyl (C=O) groups excluding carboxylic acids is 2. The van der Waals surface area contributed by atoms with Crippen LogP contribution in [-0.4, -0.2) is 28.1 Å². The quantitative estimate of drug-likeness (QED) is 0.740. The van der Waals surface area contributed by atoms with Crippen LogP contribution in [-0.2, 0) is 9.59 Å². The van der Waals surface area contributed by atoms with Gasteiger partial charge >= 0.3 is 0 Å². The Morgan fingerprint density at radius 2 is 2.21 bits per heavy atom. The highest BCUT2D eigenvalue weighted by Crippen LogP contribution is 2.24. The molecule has 0 atom stereocenters. The molecule has 4 nitrogen and oxygen atoms in total. The summed E-state index contributed by atoms with van der Waals surface area (Å²) in [7, 11) is 0. The summed E-state index contributed by atoms with van der Waals surface area (Å²) in [5.74, 6) is -0.611. The zero-order chi connectivity index (χ0) is 14.0. The number of benzene rings is 1. The zero-order valence-corrected chi connectivity index (χ0v) is 12.8. The zero-order valence-electron chi connectivity index (χ0n) is 10.4. The maximum absolute atomic E-state index is 11.9. The molecule has 0 fully saturated rings. The van der Waals surface area contributed by atoms with Gasteiger partial charge in [0, 0.05) is 11.4 Å². The third-order valence-electron chi connectivity index (χ3n) is 2.50. The summed E-state index contributed by atoms with van der Waals surface area (Å²) in [6.45, 7) is 1.42. The van der Waals surface area contributed by atoms with Crippen LogP contribution in [0.4, 0.5) is 0 Å². The van der Waals surface area contributed by atoms with E-state index in [1.807, 2.05) is 24.3 Å². The van der Waals surface area contributed by atoms with Crippen LogP contribution in [0.25, 0.3) is 6.08 Å². The Morgan fingerprint density at radius 1 is 1.47 bits per heavy atom. The van der Waals surface area contributed by atoms with E-state index < -0.39 is 0 Å². The third-order valence-corrected chi connectivity index (χ3v) is 3.63. The molecule has 0 bridgehead atoms. The van der Waals surface area contributed by atoms with Gasteiger partial charge in [-0.2, -0.15) is 4.99 Å². The number of thioether (sulfide) groups is 1. The number of amidine groups is 1. The van der Waals surface area contributed by atoms with Gasteiger partial charge in [0.2, 0.25) is 5.91 Å². The Hall–Kier alpha value is -1.40. The van der Waals surface area contributed by atoms with Crippen molar-refractivity contribution in [1.29, 1.82) is 0 Å². The van der Waals surface area contributed by atoms with Crippen LogP contribution in [0.3, 0.4) is 0 Å². The van der Waals surface area contributed by atoms with Gasteiger partial charge in [0.05, 0.1) is 0 Å². The molecule has 1 heterocycles. The molecular formula is C13H11BrN2O2S. The molecule has 0 unspecified atom stereocenters. The van der Waals surface area contributed by atoms with Gasteiger partial charge in [-0.25, -0.2) is 0 Å². The number of rotatable bonds is 1. The molecule has 19 heavy (non-hydrogen) atoms. The van der Waals surface area contributed by atoms with Gasteiger partial charge in [0.25, 0.3) is 5.91 Å². The summed E-state index contributed by atoms with van der Waals surface area (Å²) in [6.07, 6.45) is 3.45. The van der Waals surface area contributed by atoms with E-state index in [0.29, 0.717) is 5.17 Å². The van der Waals surface area contributed by atoms with Crippen molar-refractivity contribution in [2.24, 2.45) is 4.99 Å².